The lowest BCUT2D eigenvalue weighted by atomic mass is 9.99. The van der Waals surface area contributed by atoms with Crippen LogP contribution in [0.25, 0.3) is 0 Å². The molecule has 0 aliphatic carbocycles. The fourth-order valence-electron chi connectivity index (χ4n) is 4.80. The van der Waals surface area contributed by atoms with Crippen molar-refractivity contribution in [3.05, 3.63) is 47.5 Å². The number of hydrogen-bond donors (Lipinski definition) is 8. The van der Waals surface area contributed by atoms with Gasteiger partial charge >= 0.3 is 0 Å². The summed E-state index contributed by atoms with van der Waals surface area (Å²) in [4.78, 5) is 0. The maximum atomic E-state index is 10.3. The quantitative estimate of drug-likeness (QED) is 0.138. The van der Waals surface area contributed by atoms with E-state index >= 15 is 0 Å². The molecule has 2 aromatic carbocycles. The van der Waals surface area contributed by atoms with Crippen molar-refractivity contribution in [3.8, 4) is 23.0 Å². The number of rotatable bonds is 11. The van der Waals surface area contributed by atoms with Gasteiger partial charge in [-0.15, -0.1) is 0 Å². The van der Waals surface area contributed by atoms with Crippen LogP contribution in [0, 0.1) is 0 Å². The van der Waals surface area contributed by atoms with Gasteiger partial charge in [-0.2, -0.15) is 0 Å². The molecule has 2 aromatic rings. The van der Waals surface area contributed by atoms with Gasteiger partial charge in [0.25, 0.3) is 0 Å². The fourth-order valence-corrected chi connectivity index (χ4v) is 4.80. The zero-order chi connectivity index (χ0) is 30.6. The number of methoxy groups -OCH3 is 2. The molecule has 2 aliphatic rings. The van der Waals surface area contributed by atoms with Gasteiger partial charge in [-0.1, -0.05) is 12.1 Å². The predicted octanol–water partition coefficient (Wildman–Crippen LogP) is -2.15. The van der Waals surface area contributed by atoms with Crippen molar-refractivity contribution in [2.75, 3.05) is 27.4 Å². The van der Waals surface area contributed by atoms with E-state index in [9.17, 15) is 40.9 Å². The molecular weight excluding hydrogens is 560 g/mol. The van der Waals surface area contributed by atoms with E-state index in [0.29, 0.717) is 24.3 Å². The molecule has 2 aliphatic heterocycles. The Morgan fingerprint density at radius 1 is 0.548 bits per heavy atom. The average Bonchev–Trinajstić information content (AvgIpc) is 3.01. The molecule has 0 unspecified atom stereocenters. The smallest absolute Gasteiger partial charge is 0.229 e. The van der Waals surface area contributed by atoms with Gasteiger partial charge in [0.2, 0.25) is 12.6 Å². The third kappa shape index (κ3) is 6.89. The lowest BCUT2D eigenvalue weighted by Gasteiger charge is -2.39. The number of hydrogen-bond acceptors (Lipinski definition) is 14. The first-order valence-corrected chi connectivity index (χ1v) is 13.4. The van der Waals surface area contributed by atoms with Gasteiger partial charge in [-0.3, -0.25) is 0 Å². The molecule has 2 heterocycles. The van der Waals surface area contributed by atoms with Crippen LogP contribution in [0.3, 0.4) is 0 Å². The van der Waals surface area contributed by atoms with Gasteiger partial charge in [0, 0.05) is 0 Å². The van der Waals surface area contributed by atoms with E-state index < -0.39 is 74.6 Å². The molecule has 234 valence electrons. The molecule has 0 spiro atoms. The van der Waals surface area contributed by atoms with Gasteiger partial charge < -0.3 is 69.3 Å². The Balaban J connectivity index is 1.40. The Bertz CT molecular complexity index is 1070. The second kappa shape index (κ2) is 14.1. The van der Waals surface area contributed by atoms with Crippen LogP contribution in [0.5, 0.6) is 23.0 Å². The van der Waals surface area contributed by atoms with E-state index in [4.69, 9.17) is 28.4 Å². The molecule has 2 fully saturated rings. The van der Waals surface area contributed by atoms with Crippen LogP contribution >= 0.6 is 0 Å². The first-order chi connectivity index (χ1) is 20.1. The monoisotopic (exact) mass is 598 g/mol. The van der Waals surface area contributed by atoms with Gasteiger partial charge in [-0.05, 0) is 48.2 Å². The standard InChI is InChI=1S/C28H38O14/c1-37-17-9-13(5-7-15(17)39-27-25(35)23(33)21(31)19(11-29)41-27)3-4-14-6-8-16(18(10-14)38-2)40-28-26(36)24(34)22(32)20(12-30)42-28/h5-10,19-36H,3-4,11-12H2,1-2H3/t19-,20-,21-,22-,23+,24+,25-,26-,27-,28-/m1/s1. The topological polar surface area (TPSA) is 217 Å². The van der Waals surface area contributed by atoms with Crippen molar-refractivity contribution < 1.29 is 69.3 Å². The summed E-state index contributed by atoms with van der Waals surface area (Å²) in [6, 6.07) is 10.3. The predicted molar refractivity (Wildman–Crippen MR) is 142 cm³/mol. The summed E-state index contributed by atoms with van der Waals surface area (Å²) in [6.07, 6.45) is -13.0. The van der Waals surface area contributed by atoms with Gasteiger partial charge in [0.1, 0.15) is 48.8 Å². The van der Waals surface area contributed by atoms with Crippen molar-refractivity contribution in [2.45, 2.75) is 74.3 Å². The lowest BCUT2D eigenvalue weighted by molar-refractivity contribution is -0.277. The van der Waals surface area contributed by atoms with Crippen molar-refractivity contribution in [3.63, 3.8) is 0 Å². The molecule has 10 atom stereocenters. The van der Waals surface area contributed by atoms with Crippen molar-refractivity contribution in [2.24, 2.45) is 0 Å². The number of benzene rings is 2. The van der Waals surface area contributed by atoms with E-state index in [1.807, 2.05) is 0 Å². The van der Waals surface area contributed by atoms with Crippen molar-refractivity contribution in [1.29, 1.82) is 0 Å². The molecule has 0 saturated carbocycles. The summed E-state index contributed by atoms with van der Waals surface area (Å²) in [5.74, 6) is 1.12. The molecular formula is C28H38O14. The highest BCUT2D eigenvalue weighted by atomic mass is 16.7. The molecule has 42 heavy (non-hydrogen) atoms. The summed E-state index contributed by atoms with van der Waals surface area (Å²) in [6.45, 7) is -1.15. The minimum absolute atomic E-state index is 0.224. The highest BCUT2D eigenvalue weighted by Gasteiger charge is 2.46. The van der Waals surface area contributed by atoms with E-state index in [0.717, 1.165) is 11.1 Å². The second-order valence-electron chi connectivity index (χ2n) is 10.1. The van der Waals surface area contributed by atoms with Crippen LogP contribution in [0.15, 0.2) is 36.4 Å². The fraction of sp³-hybridized carbons (Fsp3) is 0.571. The number of ether oxygens (including phenoxy) is 6. The zero-order valence-electron chi connectivity index (χ0n) is 23.1. The first-order valence-electron chi connectivity index (χ1n) is 13.4. The molecule has 0 radical (unpaired) electrons. The SMILES string of the molecule is COc1cc(CCc2ccc(O[C@@H]3O[C@H](CO)[C@@H](O)[C@H](O)[C@H]3O)c(OC)c2)ccc1O[C@@H]1O[C@H](CO)[C@@H](O)[C@H](O)[C@H]1O. The molecule has 0 bridgehead atoms. The highest BCUT2D eigenvalue weighted by Crippen LogP contribution is 2.34. The van der Waals surface area contributed by atoms with Crippen LogP contribution < -0.4 is 18.9 Å². The van der Waals surface area contributed by atoms with Crippen LogP contribution in [-0.4, -0.2) is 130 Å². The van der Waals surface area contributed by atoms with E-state index in [1.165, 1.54) is 14.2 Å². The van der Waals surface area contributed by atoms with Crippen LogP contribution in [0.1, 0.15) is 11.1 Å². The van der Waals surface area contributed by atoms with E-state index in [2.05, 4.69) is 0 Å². The summed E-state index contributed by atoms with van der Waals surface area (Å²) in [5, 5.41) is 79.3. The molecule has 0 amide bonds. The maximum absolute atomic E-state index is 10.3. The summed E-state index contributed by atoms with van der Waals surface area (Å²) >= 11 is 0. The second-order valence-corrected chi connectivity index (χ2v) is 10.1. The third-order valence-electron chi connectivity index (χ3n) is 7.34. The summed E-state index contributed by atoms with van der Waals surface area (Å²) in [7, 11) is 2.89. The van der Waals surface area contributed by atoms with Gasteiger partial charge in [0.15, 0.2) is 23.0 Å². The van der Waals surface area contributed by atoms with Crippen LogP contribution in [0.4, 0.5) is 0 Å². The van der Waals surface area contributed by atoms with Crippen molar-refractivity contribution in [1.82, 2.24) is 0 Å². The first kappa shape index (κ1) is 32.2. The molecule has 0 aromatic heterocycles. The summed E-state index contributed by atoms with van der Waals surface area (Å²) in [5.41, 5.74) is 1.77. The lowest BCUT2D eigenvalue weighted by Crippen LogP contribution is -2.60. The molecule has 14 nitrogen and oxygen atoms in total. The number of aliphatic hydroxyl groups excluding tert-OH is 8. The molecule has 8 N–H and O–H groups in total. The minimum Gasteiger partial charge on any atom is -0.493 e. The van der Waals surface area contributed by atoms with E-state index in [-0.39, 0.29) is 11.5 Å². The zero-order valence-corrected chi connectivity index (χ0v) is 23.1. The Labute approximate surface area is 241 Å². The average molecular weight is 599 g/mol. The van der Waals surface area contributed by atoms with Crippen molar-refractivity contribution >= 4 is 0 Å². The Morgan fingerprint density at radius 3 is 1.26 bits per heavy atom. The van der Waals surface area contributed by atoms with Gasteiger partial charge in [-0.25, -0.2) is 0 Å². The third-order valence-corrected chi connectivity index (χ3v) is 7.34. The number of aryl methyl sites for hydroxylation is 2. The Kier molecular flexibility index (Phi) is 10.8. The molecule has 4 rings (SSSR count). The van der Waals surface area contributed by atoms with Crippen LogP contribution in [0.2, 0.25) is 0 Å². The largest absolute Gasteiger partial charge is 0.493 e. The number of aliphatic hydroxyl groups is 8. The molecule has 2 saturated heterocycles. The van der Waals surface area contributed by atoms with E-state index in [1.54, 1.807) is 36.4 Å². The summed E-state index contributed by atoms with van der Waals surface area (Å²) < 4.78 is 33.1. The minimum atomic E-state index is -1.57. The highest BCUT2D eigenvalue weighted by molar-refractivity contribution is 5.45. The molecule has 14 heteroatoms. The maximum Gasteiger partial charge on any atom is 0.229 e. The van der Waals surface area contributed by atoms with Gasteiger partial charge in [0.05, 0.1) is 27.4 Å². The Morgan fingerprint density at radius 2 is 0.929 bits per heavy atom. The van der Waals surface area contributed by atoms with Crippen LogP contribution in [-0.2, 0) is 22.3 Å². The normalized spacial score (nSPS) is 33.2. The Hall–Kier alpha value is -2.76.